The van der Waals surface area contributed by atoms with Crippen LogP contribution in [0.15, 0.2) is 52.6 Å². The summed E-state index contributed by atoms with van der Waals surface area (Å²) in [6, 6.07) is 6.22. The Bertz CT molecular complexity index is 906. The fourth-order valence-corrected chi connectivity index (χ4v) is 3.17. The number of hydrogen-bond acceptors (Lipinski definition) is 3. The molecule has 0 bridgehead atoms. The summed E-state index contributed by atoms with van der Waals surface area (Å²) in [5, 5.41) is 9.17. The average molecular weight is 345 g/mol. The molecule has 4 heteroatoms. The highest BCUT2D eigenvalue weighted by atomic mass is 16.5. The lowest BCUT2D eigenvalue weighted by molar-refractivity contribution is 0.313. The lowest BCUT2D eigenvalue weighted by Crippen LogP contribution is -2.12. The molecule has 1 aliphatic heterocycles. The van der Waals surface area contributed by atoms with E-state index in [1.165, 1.54) is 16.8 Å². The van der Waals surface area contributed by atoms with Gasteiger partial charge in [0, 0.05) is 25.4 Å². The Morgan fingerprint density at radius 3 is 2.27 bits per heavy atom. The van der Waals surface area contributed by atoms with Gasteiger partial charge in [0.25, 0.3) is 5.70 Å². The molecule has 2 rings (SSSR count). The van der Waals surface area contributed by atoms with E-state index in [4.69, 9.17) is 11.3 Å². The highest BCUT2D eigenvalue weighted by Gasteiger charge is 2.16. The molecular weight excluding hydrogens is 322 g/mol. The van der Waals surface area contributed by atoms with Gasteiger partial charge in [-0.15, -0.1) is 0 Å². The lowest BCUT2D eigenvalue weighted by atomic mass is 10.0. The monoisotopic (exact) mass is 345 g/mol. The van der Waals surface area contributed by atoms with Gasteiger partial charge in [-0.25, -0.2) is 10.1 Å². The molecule has 132 valence electrons. The molecule has 0 saturated heterocycles. The van der Waals surface area contributed by atoms with Crippen LogP contribution in [0, 0.1) is 31.8 Å². The summed E-state index contributed by atoms with van der Waals surface area (Å²) >= 11 is 0. The van der Waals surface area contributed by atoms with Crippen molar-refractivity contribution < 1.29 is 4.74 Å². The third kappa shape index (κ3) is 3.87. The summed E-state index contributed by atoms with van der Waals surface area (Å²) in [4.78, 5) is 5.44. The Balaban J connectivity index is 2.40. The van der Waals surface area contributed by atoms with Crippen LogP contribution in [-0.4, -0.2) is 14.1 Å². The number of benzene rings is 1. The van der Waals surface area contributed by atoms with Crippen molar-refractivity contribution in [3.8, 4) is 6.07 Å². The number of aryl methyl sites for hydroxylation is 2. The molecule has 1 heterocycles. The summed E-state index contributed by atoms with van der Waals surface area (Å²) < 4.78 is 5.81. The second-order valence-corrected chi connectivity index (χ2v) is 6.55. The number of hydrogen-bond donors (Lipinski definition) is 0. The second-order valence-electron chi connectivity index (χ2n) is 6.55. The van der Waals surface area contributed by atoms with E-state index in [9.17, 15) is 5.26 Å². The first-order chi connectivity index (χ1) is 12.3. The smallest absolute Gasteiger partial charge is 0.269 e. The van der Waals surface area contributed by atoms with E-state index in [-0.39, 0.29) is 5.70 Å². The average Bonchev–Trinajstić information content (AvgIpc) is 2.57. The molecular formula is C22H23N3O. The van der Waals surface area contributed by atoms with Crippen LogP contribution in [0.4, 0.5) is 5.69 Å². The van der Waals surface area contributed by atoms with Gasteiger partial charge in [0.2, 0.25) is 0 Å². The first-order valence-corrected chi connectivity index (χ1v) is 8.34. The van der Waals surface area contributed by atoms with Crippen molar-refractivity contribution in [1.29, 1.82) is 5.26 Å². The van der Waals surface area contributed by atoms with Crippen molar-refractivity contribution >= 4 is 11.8 Å². The molecule has 0 atom stereocenters. The van der Waals surface area contributed by atoms with Crippen LogP contribution in [0.1, 0.15) is 30.5 Å². The second kappa shape index (κ2) is 7.76. The Hall–Kier alpha value is -3.24. The summed E-state index contributed by atoms with van der Waals surface area (Å²) in [6.45, 7) is 15.1. The van der Waals surface area contributed by atoms with Gasteiger partial charge in [0.15, 0.2) is 0 Å². The van der Waals surface area contributed by atoms with Crippen LogP contribution >= 0.6 is 0 Å². The number of nitriles is 1. The predicted octanol–water partition coefficient (Wildman–Crippen LogP) is 5.29. The van der Waals surface area contributed by atoms with Crippen molar-refractivity contribution in [2.45, 2.75) is 27.7 Å². The maximum absolute atomic E-state index is 9.17. The van der Waals surface area contributed by atoms with E-state index in [2.05, 4.69) is 35.7 Å². The first-order valence-electron chi connectivity index (χ1n) is 8.34. The Kier molecular flexibility index (Phi) is 5.70. The minimum absolute atomic E-state index is 0.0816. The van der Waals surface area contributed by atoms with Gasteiger partial charge < -0.3 is 9.64 Å². The third-order valence-corrected chi connectivity index (χ3v) is 4.36. The van der Waals surface area contributed by atoms with Gasteiger partial charge in [-0.3, -0.25) is 0 Å². The number of nitrogens with zero attached hydrogens (tertiary/aromatic N) is 3. The van der Waals surface area contributed by atoms with E-state index < -0.39 is 0 Å². The van der Waals surface area contributed by atoms with Gasteiger partial charge in [-0.1, -0.05) is 6.08 Å². The maximum atomic E-state index is 9.17. The van der Waals surface area contributed by atoms with Crippen LogP contribution < -0.4 is 4.90 Å². The molecule has 0 unspecified atom stereocenters. The topological polar surface area (TPSA) is 40.6 Å². The minimum Gasteiger partial charge on any atom is -0.462 e. The largest absolute Gasteiger partial charge is 0.462 e. The summed E-state index contributed by atoms with van der Waals surface area (Å²) in [5.74, 6) is 1.32. The van der Waals surface area contributed by atoms with Crippen LogP contribution in [0.5, 0.6) is 0 Å². The zero-order valence-electron chi connectivity index (χ0n) is 16.1. The Labute approximate surface area is 155 Å². The summed E-state index contributed by atoms with van der Waals surface area (Å²) in [6.07, 6.45) is 5.61. The van der Waals surface area contributed by atoms with E-state index in [0.29, 0.717) is 17.1 Å². The molecule has 4 nitrogen and oxygen atoms in total. The first kappa shape index (κ1) is 19.1. The number of rotatable bonds is 3. The zero-order valence-corrected chi connectivity index (χ0v) is 16.1. The molecule has 0 aliphatic carbocycles. The van der Waals surface area contributed by atoms with Gasteiger partial charge in [0.05, 0.1) is 12.6 Å². The van der Waals surface area contributed by atoms with Crippen LogP contribution in [0.3, 0.4) is 0 Å². The highest BCUT2D eigenvalue weighted by molar-refractivity contribution is 5.65. The van der Waals surface area contributed by atoms with Gasteiger partial charge >= 0.3 is 0 Å². The van der Waals surface area contributed by atoms with Gasteiger partial charge in [-0.2, -0.15) is 0 Å². The molecule has 0 radical (unpaired) electrons. The highest BCUT2D eigenvalue weighted by Crippen LogP contribution is 2.30. The third-order valence-electron chi connectivity index (χ3n) is 4.36. The van der Waals surface area contributed by atoms with Crippen molar-refractivity contribution in [3.05, 3.63) is 80.8 Å². The fraction of sp³-hybridized carbons (Fsp3) is 0.273. The molecule has 0 fully saturated rings. The minimum atomic E-state index is 0.0816. The molecule has 0 spiro atoms. The van der Waals surface area contributed by atoms with Crippen molar-refractivity contribution in [3.63, 3.8) is 0 Å². The molecule has 0 N–H and O–H groups in total. The standard InChI is InChI=1S/C22H23N3O/c1-14-10-18(11-15(2)22(14)25(6)7)8-9-19-12-20(21(13-23)24-5)16(3)17(4)26-19/h8-12H,1-4,6-7H3/b9-8+,21-20-. The summed E-state index contributed by atoms with van der Waals surface area (Å²) in [5.41, 5.74) is 6.25. The number of allylic oxidation sites excluding steroid dienone is 6. The molecule has 0 saturated carbocycles. The van der Waals surface area contributed by atoms with E-state index in [1.54, 1.807) is 6.08 Å². The van der Waals surface area contributed by atoms with Gasteiger partial charge in [0.1, 0.15) is 11.5 Å². The van der Waals surface area contributed by atoms with E-state index >= 15 is 0 Å². The molecule has 0 aromatic heterocycles. The Morgan fingerprint density at radius 1 is 1.15 bits per heavy atom. The normalized spacial score (nSPS) is 15.9. The molecule has 1 aliphatic rings. The van der Waals surface area contributed by atoms with Gasteiger partial charge in [-0.05, 0) is 74.2 Å². The fourth-order valence-electron chi connectivity index (χ4n) is 3.17. The van der Waals surface area contributed by atoms with E-state index in [0.717, 1.165) is 11.1 Å². The molecule has 0 amide bonds. The lowest BCUT2D eigenvalue weighted by Gasteiger charge is -2.20. The molecule has 26 heavy (non-hydrogen) atoms. The SMILES string of the molecule is [C-]#[N+]/C(C#N)=C1C=C(/C=C/c2cc(C)c(N(C)C)c(C)c2)OC(C)=C/1C. The van der Waals surface area contributed by atoms with Crippen molar-refractivity contribution in [1.82, 2.24) is 0 Å². The molecule has 1 aromatic carbocycles. The molecule has 1 aromatic rings. The quantitative estimate of drug-likeness (QED) is 0.552. The van der Waals surface area contributed by atoms with E-state index in [1.807, 2.05) is 46.2 Å². The summed E-state index contributed by atoms with van der Waals surface area (Å²) in [7, 11) is 4.09. The van der Waals surface area contributed by atoms with Crippen molar-refractivity contribution in [2.75, 3.05) is 19.0 Å². The van der Waals surface area contributed by atoms with Crippen LogP contribution in [-0.2, 0) is 4.74 Å². The number of ether oxygens (including phenoxy) is 1. The van der Waals surface area contributed by atoms with Crippen LogP contribution in [0.25, 0.3) is 10.9 Å². The predicted molar refractivity (Wildman–Crippen MR) is 106 cm³/mol. The number of anilines is 1. The van der Waals surface area contributed by atoms with Crippen LogP contribution in [0.2, 0.25) is 0 Å². The van der Waals surface area contributed by atoms with Crippen molar-refractivity contribution in [2.24, 2.45) is 0 Å². The maximum Gasteiger partial charge on any atom is 0.269 e. The Morgan fingerprint density at radius 2 is 1.77 bits per heavy atom. The zero-order chi connectivity index (χ0) is 19.4.